The Kier molecular flexibility index (Phi) is 9.27. The quantitative estimate of drug-likeness (QED) is 0.201. The van der Waals surface area contributed by atoms with Crippen molar-refractivity contribution in [3.63, 3.8) is 0 Å². The summed E-state index contributed by atoms with van der Waals surface area (Å²) in [4.78, 5) is 54.6. The third-order valence-electron chi connectivity index (χ3n) is 8.94. The molecular formula is C36H40N4O6. The van der Waals surface area contributed by atoms with Gasteiger partial charge in [0.05, 0.1) is 54.7 Å². The first kappa shape index (κ1) is 32.4. The largest absolute Gasteiger partial charge is 0.469 e. The molecule has 0 aromatic carbocycles. The van der Waals surface area contributed by atoms with Crippen LogP contribution in [-0.2, 0) is 30.2 Å². The molecular weight excluding hydrogens is 584 g/mol. The minimum absolute atomic E-state index is 0.203. The van der Waals surface area contributed by atoms with Crippen LogP contribution >= 0.6 is 0 Å². The lowest BCUT2D eigenvalue weighted by Gasteiger charge is -2.04. The van der Waals surface area contributed by atoms with E-state index in [0.717, 1.165) is 78.3 Å². The maximum Gasteiger partial charge on any atom is 0.340 e. The first-order chi connectivity index (χ1) is 22.0. The fourth-order valence-electron chi connectivity index (χ4n) is 6.00. The maximum atomic E-state index is 13.2. The molecule has 5 heterocycles. The van der Waals surface area contributed by atoms with Crippen molar-refractivity contribution in [1.29, 1.82) is 0 Å². The molecule has 0 saturated carbocycles. The molecule has 10 heteroatoms. The van der Waals surface area contributed by atoms with Gasteiger partial charge < -0.3 is 24.2 Å². The van der Waals surface area contributed by atoms with Gasteiger partial charge in [-0.2, -0.15) is 0 Å². The topological polar surface area (TPSA) is 136 Å². The summed E-state index contributed by atoms with van der Waals surface area (Å²) in [5.41, 5.74) is 12.9. The first-order valence-electron chi connectivity index (χ1n) is 15.4. The van der Waals surface area contributed by atoms with Crippen LogP contribution in [-0.4, -0.2) is 58.7 Å². The second-order valence-corrected chi connectivity index (χ2v) is 11.6. The number of aryl methyl sites for hydroxylation is 3. The highest BCUT2D eigenvalue weighted by Gasteiger charge is 2.23. The van der Waals surface area contributed by atoms with E-state index in [2.05, 4.69) is 9.97 Å². The van der Waals surface area contributed by atoms with E-state index in [9.17, 15) is 14.4 Å². The molecule has 8 bridgehead atoms. The molecule has 46 heavy (non-hydrogen) atoms. The van der Waals surface area contributed by atoms with E-state index in [1.54, 1.807) is 6.92 Å². The number of aromatic amines is 2. The molecule has 0 radical (unpaired) electrons. The van der Waals surface area contributed by atoms with Crippen molar-refractivity contribution in [1.82, 2.24) is 19.9 Å². The molecule has 3 aromatic heterocycles. The second-order valence-electron chi connectivity index (χ2n) is 11.6. The van der Waals surface area contributed by atoms with Crippen molar-refractivity contribution >= 4 is 62.3 Å². The van der Waals surface area contributed by atoms with Crippen molar-refractivity contribution in [3.8, 4) is 0 Å². The number of carbonyl (C=O) groups excluding carboxylic acids is 3. The number of esters is 3. The molecule has 3 aromatic rings. The van der Waals surface area contributed by atoms with Gasteiger partial charge in [0.15, 0.2) is 0 Å². The minimum Gasteiger partial charge on any atom is -0.469 e. The maximum absolute atomic E-state index is 13.2. The number of rotatable bonds is 8. The van der Waals surface area contributed by atoms with E-state index >= 15 is 0 Å². The Labute approximate surface area is 267 Å². The highest BCUT2D eigenvalue weighted by atomic mass is 16.5. The summed E-state index contributed by atoms with van der Waals surface area (Å²) >= 11 is 0. The minimum atomic E-state index is -0.410. The van der Waals surface area contributed by atoms with Crippen LogP contribution in [0.25, 0.3) is 44.4 Å². The molecule has 240 valence electrons. The van der Waals surface area contributed by atoms with Gasteiger partial charge in [-0.15, -0.1) is 0 Å². The Morgan fingerprint density at radius 1 is 0.652 bits per heavy atom. The molecule has 0 amide bonds. The number of ether oxygens (including phenoxy) is 3. The molecule has 0 saturated heterocycles. The third-order valence-corrected chi connectivity index (χ3v) is 8.94. The van der Waals surface area contributed by atoms with Crippen LogP contribution in [0.1, 0.15) is 96.8 Å². The number of nitrogens with zero attached hydrogens (tertiary/aromatic N) is 2. The number of H-pyrrole nitrogens is 2. The number of fused-ring (bicyclic) bond motifs is 8. The number of hydrogen-bond acceptors (Lipinski definition) is 8. The summed E-state index contributed by atoms with van der Waals surface area (Å²) in [6.45, 7) is 12.0. The Balaban J connectivity index is 1.90. The van der Waals surface area contributed by atoms with Crippen molar-refractivity contribution in [2.75, 3.05) is 20.8 Å². The van der Waals surface area contributed by atoms with Crippen molar-refractivity contribution in [2.45, 2.75) is 67.2 Å². The Hall–Kier alpha value is -4.99. The fraction of sp³-hybridized carbons (Fsp3) is 0.361. The van der Waals surface area contributed by atoms with Gasteiger partial charge in [0.1, 0.15) is 0 Å². The van der Waals surface area contributed by atoms with E-state index in [-0.39, 0.29) is 31.4 Å². The second kappa shape index (κ2) is 13.2. The number of carbonyl (C=O) groups is 3. The average Bonchev–Trinajstić information content (AvgIpc) is 3.68. The van der Waals surface area contributed by atoms with E-state index in [0.29, 0.717) is 23.9 Å². The molecule has 0 atom stereocenters. The SMILES string of the molecule is CCOC(=O)c1c(C)c2cc3[nH]c(cc4nc(cc5nc(cc1[nH]2)C(C)=C5C)C(C)=C4CCC(=O)OC)c(CCC(=O)OC)c3C. The van der Waals surface area contributed by atoms with Crippen LogP contribution in [0.15, 0.2) is 24.3 Å². The highest BCUT2D eigenvalue weighted by molar-refractivity contribution is 6.03. The third kappa shape index (κ3) is 6.11. The van der Waals surface area contributed by atoms with Gasteiger partial charge in [-0.1, -0.05) is 0 Å². The van der Waals surface area contributed by atoms with Gasteiger partial charge in [0.25, 0.3) is 0 Å². The highest BCUT2D eigenvalue weighted by Crippen LogP contribution is 2.36. The van der Waals surface area contributed by atoms with Gasteiger partial charge in [-0.3, -0.25) is 9.59 Å². The average molecular weight is 625 g/mol. The zero-order valence-corrected chi connectivity index (χ0v) is 27.7. The predicted molar refractivity (Wildman–Crippen MR) is 179 cm³/mol. The van der Waals surface area contributed by atoms with Gasteiger partial charge in [-0.05, 0) is 118 Å². The molecule has 0 aliphatic carbocycles. The lowest BCUT2D eigenvalue weighted by molar-refractivity contribution is -0.141. The van der Waals surface area contributed by atoms with E-state index in [1.807, 2.05) is 58.9 Å². The number of aromatic nitrogens is 4. The smallest absolute Gasteiger partial charge is 0.340 e. The van der Waals surface area contributed by atoms with E-state index in [4.69, 9.17) is 24.2 Å². The lowest BCUT2D eigenvalue weighted by Crippen LogP contribution is -2.05. The summed E-state index contributed by atoms with van der Waals surface area (Å²) < 4.78 is 15.3. The molecule has 10 nitrogen and oxygen atoms in total. The summed E-state index contributed by atoms with van der Waals surface area (Å²) in [6.07, 6.45) is 1.31. The van der Waals surface area contributed by atoms with Crippen molar-refractivity contribution < 1.29 is 28.6 Å². The predicted octanol–water partition coefficient (Wildman–Crippen LogP) is 7.05. The Morgan fingerprint density at radius 2 is 1.20 bits per heavy atom. The summed E-state index contributed by atoms with van der Waals surface area (Å²) in [5.74, 6) is -1.01. The number of allylic oxidation sites excluding steroid dienone is 4. The van der Waals surface area contributed by atoms with Crippen molar-refractivity contribution in [3.05, 3.63) is 69.3 Å². The van der Waals surface area contributed by atoms with Gasteiger partial charge in [0.2, 0.25) is 0 Å². The van der Waals surface area contributed by atoms with Crippen LogP contribution in [0, 0.1) is 13.8 Å². The van der Waals surface area contributed by atoms with Crippen molar-refractivity contribution in [2.24, 2.45) is 0 Å². The van der Waals surface area contributed by atoms with Gasteiger partial charge in [-0.25, -0.2) is 14.8 Å². The van der Waals surface area contributed by atoms with Gasteiger partial charge in [0, 0.05) is 29.4 Å². The lowest BCUT2D eigenvalue weighted by atomic mass is 10.00. The molecule has 2 aliphatic rings. The van der Waals surface area contributed by atoms with Crippen LogP contribution in [0.3, 0.4) is 0 Å². The van der Waals surface area contributed by atoms with Gasteiger partial charge >= 0.3 is 17.9 Å². The molecule has 2 N–H and O–H groups in total. The number of nitrogens with one attached hydrogen (secondary N) is 2. The van der Waals surface area contributed by atoms with Crippen LogP contribution in [0.5, 0.6) is 0 Å². The van der Waals surface area contributed by atoms with Crippen LogP contribution < -0.4 is 0 Å². The zero-order chi connectivity index (χ0) is 33.3. The number of hydrogen-bond donors (Lipinski definition) is 2. The van der Waals surface area contributed by atoms with E-state index in [1.165, 1.54) is 14.2 Å². The number of methoxy groups -OCH3 is 2. The zero-order valence-electron chi connectivity index (χ0n) is 27.7. The summed E-state index contributed by atoms with van der Waals surface area (Å²) in [5, 5.41) is 0. The monoisotopic (exact) mass is 624 g/mol. The van der Waals surface area contributed by atoms with Crippen LogP contribution in [0.4, 0.5) is 0 Å². The Bertz CT molecular complexity index is 1990. The molecule has 0 unspecified atom stereocenters. The molecule has 2 aliphatic heterocycles. The summed E-state index contributed by atoms with van der Waals surface area (Å²) in [7, 11) is 2.76. The normalized spacial score (nSPS) is 12.9. The first-order valence-corrected chi connectivity index (χ1v) is 15.4. The summed E-state index contributed by atoms with van der Waals surface area (Å²) in [6, 6.07) is 7.81. The fourth-order valence-corrected chi connectivity index (χ4v) is 6.00. The molecule has 0 spiro atoms. The standard InChI is InChI=1S/C36H40N4O6/c1-9-46-36(43)35-22(6)29-15-28-21(5)24(11-13-34(42)45-8)31(39-28)17-30-23(10-12-33(41)44-7)20(4)27(38-30)14-25-18(2)19(3)26(37-25)16-32(35)40-29/h14-17,39-40H,9-13H2,1-8H3. The molecule has 5 rings (SSSR count). The molecule has 0 fully saturated rings. The van der Waals surface area contributed by atoms with Crippen LogP contribution in [0.2, 0.25) is 0 Å². The van der Waals surface area contributed by atoms with E-state index < -0.39 is 5.97 Å². The Morgan fingerprint density at radius 3 is 1.85 bits per heavy atom.